The van der Waals surface area contributed by atoms with Crippen LogP contribution in [0.2, 0.25) is 0 Å². The molecule has 1 heterocycles. The molecule has 2 atom stereocenters. The molecule has 1 fully saturated rings. The van der Waals surface area contributed by atoms with Crippen LogP contribution in [0.15, 0.2) is 18.2 Å². The van der Waals surface area contributed by atoms with E-state index in [4.69, 9.17) is 0 Å². The smallest absolute Gasteiger partial charge is 0.254 e. The minimum Gasteiger partial charge on any atom is -0.506 e. The number of carbonyl (C=O) groups excluding carboxylic acids is 1. The Morgan fingerprint density at radius 2 is 2.30 bits per heavy atom. The highest BCUT2D eigenvalue weighted by Crippen LogP contribution is 2.25. The first kappa shape index (κ1) is 14.8. The second-order valence-corrected chi connectivity index (χ2v) is 5.20. The maximum Gasteiger partial charge on any atom is 0.254 e. The Bertz CT molecular complexity index is 470. The van der Waals surface area contributed by atoms with E-state index in [-0.39, 0.29) is 11.8 Å². The number of phenolic OH excluding ortho intramolecular Hbond substituents is 1. The maximum atomic E-state index is 12.1. The van der Waals surface area contributed by atoms with Crippen LogP contribution in [0.4, 0.5) is 5.69 Å². The highest BCUT2D eigenvalue weighted by Gasteiger charge is 2.27. The fourth-order valence-corrected chi connectivity index (χ4v) is 2.44. The fourth-order valence-electron chi connectivity index (χ4n) is 2.44. The number of aromatic hydroxyl groups is 1. The molecule has 0 saturated carbocycles. The van der Waals surface area contributed by atoms with Gasteiger partial charge in [-0.3, -0.25) is 4.79 Å². The average molecular weight is 278 g/mol. The Hall–Kier alpha value is -1.59. The van der Waals surface area contributed by atoms with Crippen molar-refractivity contribution >= 4 is 11.6 Å². The van der Waals surface area contributed by atoms with Gasteiger partial charge in [0.25, 0.3) is 5.91 Å². The zero-order chi connectivity index (χ0) is 14.5. The minimum absolute atomic E-state index is 0.0133. The van der Waals surface area contributed by atoms with Crippen LogP contribution in [0, 0.1) is 0 Å². The summed E-state index contributed by atoms with van der Waals surface area (Å²) in [6, 6.07) is 4.89. The SMILES string of the molecule is CCc1ccc(O)c(NC(=O)C(O)C2CCCCN2)c1. The molecule has 4 N–H and O–H groups in total. The van der Waals surface area contributed by atoms with Crippen LogP contribution < -0.4 is 10.6 Å². The quantitative estimate of drug-likeness (QED) is 0.627. The second kappa shape index (κ2) is 6.72. The number of benzene rings is 1. The first-order valence-electron chi connectivity index (χ1n) is 7.16. The number of piperidine rings is 1. The standard InChI is InChI=1S/C15H22N2O3/c1-2-10-6-7-13(18)12(9-10)17-15(20)14(19)11-5-3-4-8-16-11/h6-7,9,11,14,16,18-19H,2-5,8H2,1H3,(H,17,20). The normalized spacial score (nSPS) is 20.4. The lowest BCUT2D eigenvalue weighted by molar-refractivity contribution is -0.125. The van der Waals surface area contributed by atoms with E-state index in [0.29, 0.717) is 5.69 Å². The molecule has 1 aromatic rings. The Morgan fingerprint density at radius 3 is 2.95 bits per heavy atom. The summed E-state index contributed by atoms with van der Waals surface area (Å²) in [7, 11) is 0. The third kappa shape index (κ3) is 3.49. The second-order valence-electron chi connectivity index (χ2n) is 5.20. The molecule has 20 heavy (non-hydrogen) atoms. The minimum atomic E-state index is -1.10. The molecule has 5 nitrogen and oxygen atoms in total. The van der Waals surface area contributed by atoms with Crippen LogP contribution >= 0.6 is 0 Å². The Morgan fingerprint density at radius 1 is 1.50 bits per heavy atom. The summed E-state index contributed by atoms with van der Waals surface area (Å²) in [6.45, 7) is 2.82. The Kier molecular flexibility index (Phi) is 4.98. The lowest BCUT2D eigenvalue weighted by Crippen LogP contribution is -2.48. The molecule has 1 aliphatic rings. The number of aliphatic hydroxyl groups is 1. The van der Waals surface area contributed by atoms with Gasteiger partial charge in [-0.1, -0.05) is 19.4 Å². The number of phenols is 1. The summed E-state index contributed by atoms with van der Waals surface area (Å²) in [6.07, 6.45) is 2.59. The van der Waals surface area contributed by atoms with Crippen molar-refractivity contribution in [2.24, 2.45) is 0 Å². The highest BCUT2D eigenvalue weighted by molar-refractivity contribution is 5.95. The van der Waals surface area contributed by atoms with Crippen LogP contribution in [0.25, 0.3) is 0 Å². The molecule has 0 radical (unpaired) electrons. The summed E-state index contributed by atoms with van der Waals surface area (Å²) in [5.74, 6) is -0.465. The van der Waals surface area contributed by atoms with Crippen LogP contribution in [-0.2, 0) is 11.2 Å². The van der Waals surface area contributed by atoms with E-state index in [1.54, 1.807) is 12.1 Å². The van der Waals surface area contributed by atoms with E-state index in [1.165, 1.54) is 0 Å². The largest absolute Gasteiger partial charge is 0.506 e. The fraction of sp³-hybridized carbons (Fsp3) is 0.533. The molecule has 1 aromatic carbocycles. The average Bonchev–Trinajstić information content (AvgIpc) is 2.49. The molecule has 2 unspecified atom stereocenters. The number of nitrogens with one attached hydrogen (secondary N) is 2. The first-order chi connectivity index (χ1) is 9.61. The van der Waals surface area contributed by atoms with E-state index in [1.807, 2.05) is 13.0 Å². The summed E-state index contributed by atoms with van der Waals surface area (Å²) < 4.78 is 0. The van der Waals surface area contributed by atoms with Gasteiger partial charge in [-0.25, -0.2) is 0 Å². The van der Waals surface area contributed by atoms with Crippen molar-refractivity contribution in [3.63, 3.8) is 0 Å². The maximum absolute atomic E-state index is 12.1. The predicted octanol–water partition coefficient (Wildman–Crippen LogP) is 1.40. The molecular formula is C15H22N2O3. The third-order valence-electron chi connectivity index (χ3n) is 3.73. The molecule has 0 aromatic heterocycles. The van der Waals surface area contributed by atoms with Crippen molar-refractivity contribution in [3.05, 3.63) is 23.8 Å². The van der Waals surface area contributed by atoms with Gasteiger partial charge in [-0.15, -0.1) is 0 Å². The van der Waals surface area contributed by atoms with Gasteiger partial charge in [0.05, 0.1) is 5.69 Å². The number of aliphatic hydroxyl groups excluding tert-OH is 1. The summed E-state index contributed by atoms with van der Waals surface area (Å²) in [5.41, 5.74) is 1.37. The van der Waals surface area contributed by atoms with E-state index in [0.717, 1.165) is 37.8 Å². The van der Waals surface area contributed by atoms with Crippen molar-refractivity contribution in [1.82, 2.24) is 5.32 Å². The van der Waals surface area contributed by atoms with Gasteiger partial charge in [0.2, 0.25) is 0 Å². The van der Waals surface area contributed by atoms with Crippen LogP contribution in [0.1, 0.15) is 31.7 Å². The summed E-state index contributed by atoms with van der Waals surface area (Å²) >= 11 is 0. The van der Waals surface area contributed by atoms with Crippen molar-refractivity contribution in [2.75, 3.05) is 11.9 Å². The number of aryl methyl sites for hydroxylation is 1. The van der Waals surface area contributed by atoms with Gasteiger partial charge in [0.1, 0.15) is 11.9 Å². The molecule has 1 aliphatic heterocycles. The monoisotopic (exact) mass is 278 g/mol. The summed E-state index contributed by atoms with van der Waals surface area (Å²) in [4.78, 5) is 12.1. The zero-order valence-corrected chi connectivity index (χ0v) is 11.7. The van der Waals surface area contributed by atoms with Crippen LogP contribution in [0.5, 0.6) is 5.75 Å². The van der Waals surface area contributed by atoms with E-state index in [9.17, 15) is 15.0 Å². The number of amides is 1. The number of rotatable bonds is 4. The highest BCUT2D eigenvalue weighted by atomic mass is 16.3. The number of anilines is 1. The topological polar surface area (TPSA) is 81.6 Å². The van der Waals surface area contributed by atoms with E-state index in [2.05, 4.69) is 10.6 Å². The number of hydrogen-bond donors (Lipinski definition) is 4. The van der Waals surface area contributed by atoms with Gasteiger partial charge in [-0.05, 0) is 43.5 Å². The number of hydrogen-bond acceptors (Lipinski definition) is 4. The van der Waals surface area contributed by atoms with Gasteiger partial charge in [-0.2, -0.15) is 0 Å². The predicted molar refractivity (Wildman–Crippen MR) is 77.8 cm³/mol. The molecule has 2 rings (SSSR count). The molecule has 1 saturated heterocycles. The van der Waals surface area contributed by atoms with Crippen molar-refractivity contribution in [2.45, 2.75) is 44.8 Å². The first-order valence-corrected chi connectivity index (χ1v) is 7.16. The number of carbonyl (C=O) groups is 1. The third-order valence-corrected chi connectivity index (χ3v) is 3.73. The van der Waals surface area contributed by atoms with Gasteiger partial charge < -0.3 is 20.8 Å². The lowest BCUT2D eigenvalue weighted by atomic mass is 9.99. The molecule has 0 spiro atoms. The van der Waals surface area contributed by atoms with Crippen LogP contribution in [-0.4, -0.2) is 34.8 Å². The van der Waals surface area contributed by atoms with Gasteiger partial charge >= 0.3 is 0 Å². The zero-order valence-electron chi connectivity index (χ0n) is 11.7. The molecule has 1 amide bonds. The molecule has 110 valence electrons. The van der Waals surface area contributed by atoms with Crippen molar-refractivity contribution in [3.8, 4) is 5.75 Å². The van der Waals surface area contributed by atoms with E-state index >= 15 is 0 Å². The van der Waals surface area contributed by atoms with E-state index < -0.39 is 12.0 Å². The van der Waals surface area contributed by atoms with Gasteiger partial charge in [0, 0.05) is 6.04 Å². The molecule has 0 aliphatic carbocycles. The van der Waals surface area contributed by atoms with Crippen molar-refractivity contribution in [1.29, 1.82) is 0 Å². The molecule has 0 bridgehead atoms. The Labute approximate surface area is 119 Å². The summed E-state index contributed by atoms with van der Waals surface area (Å²) in [5, 5.41) is 25.6. The Balaban J connectivity index is 2.03. The van der Waals surface area contributed by atoms with Crippen LogP contribution in [0.3, 0.4) is 0 Å². The molecule has 5 heteroatoms. The lowest BCUT2D eigenvalue weighted by Gasteiger charge is -2.27. The molecular weight excluding hydrogens is 256 g/mol. The van der Waals surface area contributed by atoms with Gasteiger partial charge in [0.15, 0.2) is 0 Å². The van der Waals surface area contributed by atoms with Crippen molar-refractivity contribution < 1.29 is 15.0 Å².